The van der Waals surface area contributed by atoms with E-state index in [1.165, 1.54) is 0 Å². The number of carbonyl (C=O) groups excluding carboxylic acids is 1. The molecule has 19 heavy (non-hydrogen) atoms. The standard InChI is InChI=1S/C12H21N5O2/c1-3-5-9-14-11(17-16-9)12(18)15-10-7(13)6-8(10)19-4-2/h7-8,10H,3-6,13H2,1-2H3,(H,15,18)(H,14,16,17). The molecule has 1 aliphatic rings. The number of hydrogen-bond donors (Lipinski definition) is 3. The maximum Gasteiger partial charge on any atom is 0.291 e. The van der Waals surface area contributed by atoms with E-state index in [0.29, 0.717) is 6.61 Å². The van der Waals surface area contributed by atoms with Crippen molar-refractivity contribution in [1.82, 2.24) is 20.5 Å². The van der Waals surface area contributed by atoms with Gasteiger partial charge in [-0.15, -0.1) is 5.10 Å². The molecule has 0 aromatic carbocycles. The molecular formula is C12H21N5O2. The zero-order valence-corrected chi connectivity index (χ0v) is 11.3. The van der Waals surface area contributed by atoms with Crippen LogP contribution in [0.5, 0.6) is 0 Å². The van der Waals surface area contributed by atoms with Gasteiger partial charge in [0.05, 0.1) is 12.1 Å². The van der Waals surface area contributed by atoms with Crippen LogP contribution in [0.1, 0.15) is 43.1 Å². The van der Waals surface area contributed by atoms with Gasteiger partial charge >= 0.3 is 0 Å². The zero-order chi connectivity index (χ0) is 13.8. The molecule has 0 aliphatic heterocycles. The van der Waals surface area contributed by atoms with E-state index in [1.807, 2.05) is 13.8 Å². The van der Waals surface area contributed by atoms with E-state index in [0.717, 1.165) is 25.1 Å². The fraction of sp³-hybridized carbons (Fsp3) is 0.750. The number of rotatable bonds is 6. The Morgan fingerprint density at radius 2 is 2.37 bits per heavy atom. The first-order chi connectivity index (χ1) is 9.15. The number of ether oxygens (including phenoxy) is 1. The van der Waals surface area contributed by atoms with Gasteiger partial charge in [0, 0.05) is 19.1 Å². The van der Waals surface area contributed by atoms with Crippen LogP contribution in [0.15, 0.2) is 0 Å². The van der Waals surface area contributed by atoms with Gasteiger partial charge in [-0.1, -0.05) is 6.92 Å². The third-order valence-corrected chi connectivity index (χ3v) is 3.27. The third-order valence-electron chi connectivity index (χ3n) is 3.27. The minimum absolute atomic E-state index is 0.00185. The average Bonchev–Trinajstić information content (AvgIpc) is 2.85. The number of nitrogens with one attached hydrogen (secondary N) is 2. The SMILES string of the molecule is CCCc1nc(C(=O)NC2C(N)CC2OCC)n[nH]1. The Kier molecular flexibility index (Phi) is 4.49. The van der Waals surface area contributed by atoms with E-state index >= 15 is 0 Å². The Hall–Kier alpha value is -1.47. The van der Waals surface area contributed by atoms with Crippen molar-refractivity contribution in [3.8, 4) is 0 Å². The second kappa shape index (κ2) is 6.12. The minimum atomic E-state index is -0.302. The predicted molar refractivity (Wildman–Crippen MR) is 69.6 cm³/mol. The first-order valence-corrected chi connectivity index (χ1v) is 6.75. The van der Waals surface area contributed by atoms with Crippen LogP contribution in [0.3, 0.4) is 0 Å². The van der Waals surface area contributed by atoms with Crippen LogP contribution in [0.25, 0.3) is 0 Å². The minimum Gasteiger partial charge on any atom is -0.376 e. The number of H-pyrrole nitrogens is 1. The van der Waals surface area contributed by atoms with Crippen molar-refractivity contribution < 1.29 is 9.53 Å². The monoisotopic (exact) mass is 267 g/mol. The van der Waals surface area contributed by atoms with Gasteiger partial charge < -0.3 is 15.8 Å². The summed E-state index contributed by atoms with van der Waals surface area (Å²) < 4.78 is 5.50. The molecule has 1 fully saturated rings. The number of nitrogens with two attached hydrogens (primary N) is 1. The number of hydrogen-bond acceptors (Lipinski definition) is 5. The number of nitrogens with zero attached hydrogens (tertiary/aromatic N) is 2. The van der Waals surface area contributed by atoms with Crippen molar-refractivity contribution in [2.75, 3.05) is 6.61 Å². The van der Waals surface area contributed by atoms with Gasteiger partial charge in [-0.2, -0.15) is 0 Å². The van der Waals surface area contributed by atoms with Crippen LogP contribution in [-0.2, 0) is 11.2 Å². The van der Waals surface area contributed by atoms with Crippen molar-refractivity contribution >= 4 is 5.91 Å². The van der Waals surface area contributed by atoms with Crippen LogP contribution in [0, 0.1) is 0 Å². The molecule has 0 saturated heterocycles. The highest BCUT2D eigenvalue weighted by atomic mass is 16.5. The summed E-state index contributed by atoms with van der Waals surface area (Å²) in [5, 5.41) is 9.51. The Morgan fingerprint density at radius 3 is 3.00 bits per heavy atom. The highest BCUT2D eigenvalue weighted by molar-refractivity contribution is 5.90. The maximum atomic E-state index is 12.0. The van der Waals surface area contributed by atoms with E-state index in [9.17, 15) is 4.79 Å². The lowest BCUT2D eigenvalue weighted by molar-refractivity contribution is -0.0301. The average molecular weight is 267 g/mol. The van der Waals surface area contributed by atoms with Crippen LogP contribution in [0.2, 0.25) is 0 Å². The molecule has 3 atom stereocenters. The van der Waals surface area contributed by atoms with Crippen molar-refractivity contribution in [1.29, 1.82) is 0 Å². The summed E-state index contributed by atoms with van der Waals surface area (Å²) in [6.07, 6.45) is 2.51. The molecule has 7 heteroatoms. The molecular weight excluding hydrogens is 246 g/mol. The lowest BCUT2D eigenvalue weighted by atomic mass is 9.83. The number of aryl methyl sites for hydroxylation is 1. The van der Waals surface area contributed by atoms with Gasteiger partial charge in [-0.25, -0.2) is 4.98 Å². The number of amides is 1. The Morgan fingerprint density at radius 1 is 1.58 bits per heavy atom. The van der Waals surface area contributed by atoms with Gasteiger partial charge in [0.15, 0.2) is 0 Å². The molecule has 7 nitrogen and oxygen atoms in total. The molecule has 1 aliphatic carbocycles. The van der Waals surface area contributed by atoms with Gasteiger partial charge in [-0.3, -0.25) is 9.89 Å². The Balaban J connectivity index is 1.92. The fourth-order valence-electron chi connectivity index (χ4n) is 2.19. The molecule has 0 bridgehead atoms. The van der Waals surface area contributed by atoms with Gasteiger partial charge in [0.2, 0.25) is 5.82 Å². The second-order valence-electron chi connectivity index (χ2n) is 4.75. The van der Waals surface area contributed by atoms with Crippen molar-refractivity contribution in [3.05, 3.63) is 11.6 Å². The van der Waals surface area contributed by atoms with Crippen LogP contribution >= 0.6 is 0 Å². The largest absolute Gasteiger partial charge is 0.376 e. The van der Waals surface area contributed by atoms with Crippen molar-refractivity contribution in [3.63, 3.8) is 0 Å². The van der Waals surface area contributed by atoms with Gasteiger partial charge in [0.1, 0.15) is 5.82 Å². The smallest absolute Gasteiger partial charge is 0.291 e. The lowest BCUT2D eigenvalue weighted by Gasteiger charge is -2.42. The summed E-state index contributed by atoms with van der Waals surface area (Å²) in [7, 11) is 0. The van der Waals surface area contributed by atoms with E-state index in [4.69, 9.17) is 10.5 Å². The predicted octanol–water partition coefficient (Wildman–Crippen LogP) is -0.00830. The zero-order valence-electron chi connectivity index (χ0n) is 11.3. The lowest BCUT2D eigenvalue weighted by Crippen LogP contribution is -2.64. The molecule has 4 N–H and O–H groups in total. The van der Waals surface area contributed by atoms with Crippen LogP contribution in [-0.4, -0.2) is 45.9 Å². The third kappa shape index (κ3) is 3.10. The summed E-state index contributed by atoms with van der Waals surface area (Å²) in [4.78, 5) is 16.1. The first-order valence-electron chi connectivity index (χ1n) is 6.75. The molecule has 1 saturated carbocycles. The quantitative estimate of drug-likeness (QED) is 0.672. The fourth-order valence-corrected chi connectivity index (χ4v) is 2.19. The Labute approximate surface area is 112 Å². The van der Waals surface area contributed by atoms with E-state index in [2.05, 4.69) is 20.5 Å². The molecule has 3 unspecified atom stereocenters. The first kappa shape index (κ1) is 14.0. The Bertz CT molecular complexity index is 432. The molecule has 2 rings (SSSR count). The van der Waals surface area contributed by atoms with Crippen LogP contribution < -0.4 is 11.1 Å². The van der Waals surface area contributed by atoms with Crippen molar-refractivity contribution in [2.24, 2.45) is 5.73 Å². The van der Waals surface area contributed by atoms with E-state index < -0.39 is 0 Å². The molecule has 106 valence electrons. The van der Waals surface area contributed by atoms with Crippen molar-refractivity contribution in [2.45, 2.75) is 51.3 Å². The van der Waals surface area contributed by atoms with Crippen LogP contribution in [0.4, 0.5) is 0 Å². The number of aromatic amines is 1. The van der Waals surface area contributed by atoms with E-state index in [-0.39, 0.29) is 29.9 Å². The number of aromatic nitrogens is 3. The molecule has 1 amide bonds. The summed E-state index contributed by atoms with van der Waals surface area (Å²) in [5.41, 5.74) is 5.88. The molecule has 1 aromatic rings. The highest BCUT2D eigenvalue weighted by Gasteiger charge is 2.40. The normalized spacial score (nSPS) is 25.9. The molecule has 1 heterocycles. The summed E-state index contributed by atoms with van der Waals surface area (Å²) in [5.74, 6) is 0.591. The van der Waals surface area contributed by atoms with Gasteiger partial charge in [-0.05, 0) is 19.8 Å². The molecule has 1 aromatic heterocycles. The van der Waals surface area contributed by atoms with Gasteiger partial charge in [0.25, 0.3) is 5.91 Å². The topological polar surface area (TPSA) is 106 Å². The second-order valence-corrected chi connectivity index (χ2v) is 4.75. The summed E-state index contributed by atoms with van der Waals surface area (Å²) in [6.45, 7) is 4.59. The van der Waals surface area contributed by atoms with E-state index in [1.54, 1.807) is 0 Å². The summed E-state index contributed by atoms with van der Waals surface area (Å²) >= 11 is 0. The number of carbonyl (C=O) groups is 1. The maximum absolute atomic E-state index is 12.0. The molecule has 0 radical (unpaired) electrons. The highest BCUT2D eigenvalue weighted by Crippen LogP contribution is 2.22. The molecule has 0 spiro atoms. The summed E-state index contributed by atoms with van der Waals surface area (Å²) in [6, 6.07) is -0.213.